The van der Waals surface area contributed by atoms with Crippen molar-refractivity contribution in [3.63, 3.8) is 0 Å². The molecule has 0 spiro atoms. The smallest absolute Gasteiger partial charge is 0.248 e. The summed E-state index contributed by atoms with van der Waals surface area (Å²) in [6.07, 6.45) is 1.84. The summed E-state index contributed by atoms with van der Waals surface area (Å²) >= 11 is 1.73. The van der Waals surface area contributed by atoms with E-state index in [2.05, 4.69) is 32.1 Å². The summed E-state index contributed by atoms with van der Waals surface area (Å²) in [7, 11) is 1.56. The van der Waals surface area contributed by atoms with E-state index in [0.29, 0.717) is 13.2 Å². The molecule has 36 heavy (non-hydrogen) atoms. The minimum absolute atomic E-state index is 0.0598. The van der Waals surface area contributed by atoms with Crippen molar-refractivity contribution in [3.8, 4) is 11.4 Å². The minimum atomic E-state index is 0.0598. The number of carbonyl (C=O) groups excluding carboxylic acids is 1. The fraction of sp³-hybridized carbons (Fsp3) is 0.440. The van der Waals surface area contributed by atoms with Crippen LogP contribution in [0.2, 0.25) is 0 Å². The van der Waals surface area contributed by atoms with Crippen molar-refractivity contribution in [2.24, 2.45) is 0 Å². The molecule has 2 fully saturated rings. The predicted octanol–water partition coefficient (Wildman–Crippen LogP) is 2.36. The third-order valence-corrected chi connectivity index (χ3v) is 7.85. The molecule has 5 heterocycles. The number of carbonyl (C=O) groups is 1. The molecule has 3 aromatic heterocycles. The number of rotatable bonds is 6. The zero-order valence-corrected chi connectivity index (χ0v) is 21.1. The highest BCUT2D eigenvalue weighted by molar-refractivity contribution is 7.18. The van der Waals surface area contributed by atoms with Crippen LogP contribution in [-0.2, 0) is 20.8 Å². The number of nitrogens with one attached hydrogen (secondary N) is 1. The molecule has 0 aliphatic carbocycles. The number of thiophene rings is 1. The number of morpholine rings is 1. The van der Waals surface area contributed by atoms with Gasteiger partial charge in [0.1, 0.15) is 17.3 Å². The van der Waals surface area contributed by atoms with Crippen molar-refractivity contribution in [1.29, 1.82) is 0 Å². The summed E-state index contributed by atoms with van der Waals surface area (Å²) in [5, 5.41) is 9.37. The number of fused-ring (bicyclic) bond motifs is 2. The number of aromatic amines is 1. The topological polar surface area (TPSA) is 99.7 Å². The molecule has 0 atom stereocenters. The first kappa shape index (κ1) is 23.3. The molecule has 1 amide bonds. The van der Waals surface area contributed by atoms with Gasteiger partial charge in [-0.2, -0.15) is 5.10 Å². The molecule has 2 saturated heterocycles. The summed E-state index contributed by atoms with van der Waals surface area (Å²) in [5.74, 6) is 1.75. The number of piperazine rings is 1. The maximum absolute atomic E-state index is 12.1. The van der Waals surface area contributed by atoms with Crippen molar-refractivity contribution in [2.75, 3.05) is 71.1 Å². The normalized spacial score (nSPS) is 17.4. The molecule has 6 rings (SSSR count). The van der Waals surface area contributed by atoms with Gasteiger partial charge in [-0.3, -0.25) is 14.8 Å². The van der Waals surface area contributed by atoms with E-state index in [1.165, 1.54) is 4.88 Å². The van der Waals surface area contributed by atoms with Gasteiger partial charge in [-0.05, 0) is 12.1 Å². The van der Waals surface area contributed by atoms with E-state index < -0.39 is 0 Å². The number of H-pyrrole nitrogens is 1. The van der Waals surface area contributed by atoms with E-state index in [0.717, 1.165) is 84.1 Å². The molecule has 0 radical (unpaired) electrons. The maximum atomic E-state index is 12.1. The van der Waals surface area contributed by atoms with Crippen LogP contribution in [0.15, 0.2) is 30.5 Å². The standard InChI is InChI=1S/C25H29N7O3S/c1-34-16-22(33)31-7-5-30(6-8-31)15-17-13-19-24(32-9-11-35-12-10-32)27-23(28-25(19)36-17)18-3-2-4-21-20(18)14-26-29-21/h2-4,13-14H,5-12,15-16H2,1H3,(H,26,29). The molecule has 1 aromatic carbocycles. The molecule has 0 unspecified atom stereocenters. The van der Waals surface area contributed by atoms with E-state index in [-0.39, 0.29) is 12.5 Å². The Bertz CT molecular complexity index is 1370. The lowest BCUT2D eigenvalue weighted by molar-refractivity contribution is -0.136. The monoisotopic (exact) mass is 507 g/mol. The van der Waals surface area contributed by atoms with E-state index in [1.54, 1.807) is 18.4 Å². The lowest BCUT2D eigenvalue weighted by atomic mass is 10.1. The number of ether oxygens (including phenoxy) is 2. The van der Waals surface area contributed by atoms with Crippen LogP contribution < -0.4 is 4.90 Å². The van der Waals surface area contributed by atoms with Gasteiger partial charge < -0.3 is 19.3 Å². The Balaban J connectivity index is 1.31. The Labute approximate surface area is 212 Å². The van der Waals surface area contributed by atoms with E-state index in [9.17, 15) is 4.79 Å². The Morgan fingerprint density at radius 1 is 1.11 bits per heavy atom. The molecule has 0 saturated carbocycles. The maximum Gasteiger partial charge on any atom is 0.248 e. The average molecular weight is 508 g/mol. The molecule has 1 N–H and O–H groups in total. The molecule has 2 aliphatic heterocycles. The van der Waals surface area contributed by atoms with Crippen molar-refractivity contribution in [1.82, 2.24) is 30.0 Å². The lowest BCUT2D eigenvalue weighted by Crippen LogP contribution is -2.49. The van der Waals surface area contributed by atoms with E-state index in [4.69, 9.17) is 19.4 Å². The van der Waals surface area contributed by atoms with Crippen LogP contribution in [0.25, 0.3) is 32.5 Å². The van der Waals surface area contributed by atoms with Crippen LogP contribution in [0, 0.1) is 0 Å². The molecule has 10 nitrogen and oxygen atoms in total. The van der Waals surface area contributed by atoms with Gasteiger partial charge in [0.25, 0.3) is 0 Å². The first-order valence-corrected chi connectivity index (χ1v) is 13.1. The third-order valence-electron chi connectivity index (χ3n) is 6.83. The second-order valence-electron chi connectivity index (χ2n) is 9.13. The summed E-state index contributed by atoms with van der Waals surface area (Å²) in [6.45, 7) is 7.14. The van der Waals surface area contributed by atoms with Crippen molar-refractivity contribution >= 4 is 44.2 Å². The summed E-state index contributed by atoms with van der Waals surface area (Å²) in [5.41, 5.74) is 1.95. The number of hydrogen-bond acceptors (Lipinski definition) is 9. The van der Waals surface area contributed by atoms with Gasteiger partial charge in [-0.15, -0.1) is 11.3 Å². The number of anilines is 1. The lowest BCUT2D eigenvalue weighted by Gasteiger charge is -2.34. The minimum Gasteiger partial charge on any atom is -0.378 e. The molecule has 0 bridgehead atoms. The highest BCUT2D eigenvalue weighted by Gasteiger charge is 2.24. The number of hydrogen-bond donors (Lipinski definition) is 1. The zero-order valence-electron chi connectivity index (χ0n) is 20.3. The first-order valence-electron chi connectivity index (χ1n) is 12.2. The molecule has 11 heteroatoms. The largest absolute Gasteiger partial charge is 0.378 e. The van der Waals surface area contributed by atoms with Gasteiger partial charge in [0.05, 0.1) is 30.3 Å². The van der Waals surface area contributed by atoms with Crippen LogP contribution in [0.5, 0.6) is 0 Å². The Morgan fingerprint density at radius 3 is 2.75 bits per heavy atom. The van der Waals surface area contributed by atoms with Crippen LogP contribution >= 0.6 is 11.3 Å². The summed E-state index contributed by atoms with van der Waals surface area (Å²) in [6, 6.07) is 8.32. The van der Waals surface area contributed by atoms with Gasteiger partial charge in [0.2, 0.25) is 5.91 Å². The van der Waals surface area contributed by atoms with Crippen molar-refractivity contribution in [2.45, 2.75) is 6.54 Å². The Hall–Kier alpha value is -3.12. The van der Waals surface area contributed by atoms with Gasteiger partial charge in [0.15, 0.2) is 5.82 Å². The predicted molar refractivity (Wildman–Crippen MR) is 139 cm³/mol. The summed E-state index contributed by atoms with van der Waals surface area (Å²) in [4.78, 5) is 31.1. The molecule has 4 aromatic rings. The fourth-order valence-electron chi connectivity index (χ4n) is 4.92. The first-order chi connectivity index (χ1) is 17.7. The Morgan fingerprint density at radius 2 is 1.94 bits per heavy atom. The zero-order chi connectivity index (χ0) is 24.5. The van der Waals surface area contributed by atoms with Gasteiger partial charge >= 0.3 is 0 Å². The average Bonchev–Trinajstić information content (AvgIpc) is 3.56. The second kappa shape index (κ2) is 10.1. The number of methoxy groups -OCH3 is 1. The number of aromatic nitrogens is 4. The third kappa shape index (κ3) is 4.55. The van der Waals surface area contributed by atoms with Crippen LogP contribution in [-0.4, -0.2) is 102 Å². The Kier molecular flexibility index (Phi) is 6.53. The van der Waals surface area contributed by atoms with Gasteiger partial charge in [-0.25, -0.2) is 9.97 Å². The van der Waals surface area contributed by atoms with Crippen molar-refractivity contribution < 1.29 is 14.3 Å². The van der Waals surface area contributed by atoms with Crippen LogP contribution in [0.1, 0.15) is 4.88 Å². The number of nitrogens with zero attached hydrogens (tertiary/aromatic N) is 6. The van der Waals surface area contributed by atoms with Crippen molar-refractivity contribution in [3.05, 3.63) is 35.3 Å². The SMILES string of the molecule is COCC(=O)N1CCN(Cc2cc3c(N4CCOCC4)nc(-c4cccc5[nH]ncc45)nc3s2)CC1. The quantitative estimate of drug-likeness (QED) is 0.425. The second-order valence-corrected chi connectivity index (χ2v) is 10.2. The van der Waals surface area contributed by atoms with E-state index >= 15 is 0 Å². The molecular weight excluding hydrogens is 478 g/mol. The summed E-state index contributed by atoms with van der Waals surface area (Å²) < 4.78 is 10.6. The number of benzene rings is 1. The molecular formula is C25H29N7O3S. The number of amides is 1. The fourth-order valence-corrected chi connectivity index (χ4v) is 5.99. The molecule has 188 valence electrons. The highest BCUT2D eigenvalue weighted by Crippen LogP contribution is 2.35. The highest BCUT2D eigenvalue weighted by atomic mass is 32.1. The van der Waals surface area contributed by atoms with Gasteiger partial charge in [0, 0.05) is 68.7 Å². The molecule has 2 aliphatic rings. The van der Waals surface area contributed by atoms with Crippen LogP contribution in [0.4, 0.5) is 5.82 Å². The van der Waals surface area contributed by atoms with Gasteiger partial charge in [-0.1, -0.05) is 12.1 Å². The van der Waals surface area contributed by atoms with E-state index in [1.807, 2.05) is 23.2 Å². The van der Waals surface area contributed by atoms with Crippen LogP contribution in [0.3, 0.4) is 0 Å².